The monoisotopic (exact) mass is 385 g/mol. The molecule has 4 nitrogen and oxygen atoms in total. The largest absolute Gasteiger partial charge is 0.384 e. The third-order valence-electron chi connectivity index (χ3n) is 6.93. The number of rotatable bonds is 6. The number of hydrogen-bond donors (Lipinski definition) is 2. The van der Waals surface area contributed by atoms with Crippen molar-refractivity contribution in [2.45, 2.75) is 56.7 Å². The predicted octanol–water partition coefficient (Wildman–Crippen LogP) is 4.66. The first kappa shape index (κ1) is 17.7. The number of benzene rings is 1. The standard InChI is InChI=1S/C22H28ClN3O/c23-17-3-4-19-20(5-7-25-21(19)12-17)24-6-1-2-8-26-18-10-15-9-16(11-18)14-22(26,27)13-15/h3-5,7,12,15-16,18,27H,1-2,6,8-11,13-14H2,(H,24,25). The van der Waals surface area contributed by atoms with E-state index >= 15 is 0 Å². The van der Waals surface area contributed by atoms with Gasteiger partial charge in [0.25, 0.3) is 0 Å². The van der Waals surface area contributed by atoms with Gasteiger partial charge in [-0.15, -0.1) is 0 Å². The van der Waals surface area contributed by atoms with Gasteiger partial charge in [-0.05, 0) is 81.0 Å². The smallest absolute Gasteiger partial charge is 0.119 e. The Hall–Kier alpha value is -1.36. The van der Waals surface area contributed by atoms with Crippen molar-refractivity contribution in [3.8, 4) is 0 Å². The highest BCUT2D eigenvalue weighted by Crippen LogP contribution is 2.53. The van der Waals surface area contributed by atoms with Crippen LogP contribution in [-0.4, -0.2) is 39.8 Å². The normalized spacial score (nSPS) is 32.3. The van der Waals surface area contributed by atoms with Crippen LogP contribution in [0, 0.1) is 11.8 Å². The molecule has 27 heavy (non-hydrogen) atoms. The summed E-state index contributed by atoms with van der Waals surface area (Å²) in [4.78, 5) is 6.85. The number of aromatic nitrogens is 1. The summed E-state index contributed by atoms with van der Waals surface area (Å²) in [6.45, 7) is 1.96. The highest BCUT2D eigenvalue weighted by Gasteiger charge is 2.54. The summed E-state index contributed by atoms with van der Waals surface area (Å²) >= 11 is 6.07. The lowest BCUT2D eigenvalue weighted by atomic mass is 9.62. The van der Waals surface area contributed by atoms with Crippen molar-refractivity contribution in [1.29, 1.82) is 0 Å². The van der Waals surface area contributed by atoms with Gasteiger partial charge in [-0.25, -0.2) is 0 Å². The van der Waals surface area contributed by atoms with Crippen LogP contribution in [0.1, 0.15) is 44.9 Å². The Balaban J connectivity index is 1.15. The zero-order chi connectivity index (χ0) is 18.4. The second kappa shape index (κ2) is 6.91. The summed E-state index contributed by atoms with van der Waals surface area (Å²) in [5.74, 6) is 1.55. The number of piperidine rings is 2. The number of anilines is 1. The topological polar surface area (TPSA) is 48.4 Å². The molecule has 4 bridgehead atoms. The van der Waals surface area contributed by atoms with Crippen LogP contribution < -0.4 is 5.32 Å². The van der Waals surface area contributed by atoms with Crippen LogP contribution in [0.5, 0.6) is 0 Å². The van der Waals surface area contributed by atoms with E-state index in [4.69, 9.17) is 11.6 Å². The lowest BCUT2D eigenvalue weighted by Crippen LogP contribution is -2.66. The lowest BCUT2D eigenvalue weighted by molar-refractivity contribution is -0.232. The van der Waals surface area contributed by atoms with Gasteiger partial charge >= 0.3 is 0 Å². The average Bonchev–Trinajstić information content (AvgIpc) is 2.62. The van der Waals surface area contributed by atoms with Crippen LogP contribution in [0.25, 0.3) is 10.9 Å². The molecule has 4 fully saturated rings. The SMILES string of the molecule is OC12CC3CC(CC(C3)N1CCCCNc1ccnc3cc(Cl)ccc13)C2. The molecule has 0 spiro atoms. The molecule has 2 N–H and O–H groups in total. The number of halogens is 1. The van der Waals surface area contributed by atoms with Gasteiger partial charge in [0.15, 0.2) is 0 Å². The molecule has 4 aliphatic rings. The Bertz CT molecular complexity index is 827. The van der Waals surface area contributed by atoms with E-state index in [2.05, 4.69) is 15.2 Å². The Morgan fingerprint density at radius 2 is 1.96 bits per heavy atom. The number of hydrogen-bond acceptors (Lipinski definition) is 4. The molecule has 0 radical (unpaired) electrons. The molecule has 1 aromatic carbocycles. The fourth-order valence-electron chi connectivity index (χ4n) is 6.00. The number of unbranched alkanes of at least 4 members (excludes halogenated alkanes) is 1. The van der Waals surface area contributed by atoms with Crippen molar-refractivity contribution in [2.24, 2.45) is 11.8 Å². The van der Waals surface area contributed by atoms with Crippen molar-refractivity contribution < 1.29 is 5.11 Å². The van der Waals surface area contributed by atoms with Gasteiger partial charge < -0.3 is 10.4 Å². The minimum absolute atomic E-state index is 0.497. The summed E-state index contributed by atoms with van der Waals surface area (Å²) < 4.78 is 0. The van der Waals surface area contributed by atoms with Crippen molar-refractivity contribution >= 4 is 28.2 Å². The van der Waals surface area contributed by atoms with Crippen molar-refractivity contribution in [3.63, 3.8) is 0 Å². The molecular formula is C22H28ClN3O. The number of nitrogens with one attached hydrogen (secondary N) is 1. The third kappa shape index (κ3) is 3.32. The van der Waals surface area contributed by atoms with Gasteiger partial charge in [0.05, 0.1) is 5.52 Å². The van der Waals surface area contributed by atoms with E-state index < -0.39 is 5.72 Å². The third-order valence-corrected chi connectivity index (χ3v) is 7.17. The molecule has 3 heterocycles. The zero-order valence-corrected chi connectivity index (χ0v) is 16.5. The van der Waals surface area contributed by atoms with E-state index in [1.165, 1.54) is 19.3 Å². The molecule has 6 rings (SSSR count). The molecular weight excluding hydrogens is 358 g/mol. The van der Waals surface area contributed by atoms with Crippen molar-refractivity contribution in [3.05, 3.63) is 35.5 Å². The van der Waals surface area contributed by atoms with Gasteiger partial charge in [0, 0.05) is 41.4 Å². The molecule has 0 amide bonds. The maximum atomic E-state index is 11.1. The molecule has 5 heteroatoms. The van der Waals surface area contributed by atoms with Gasteiger partial charge in [-0.2, -0.15) is 0 Å². The number of fused-ring (bicyclic) bond motifs is 1. The van der Waals surface area contributed by atoms with Gasteiger partial charge in [-0.1, -0.05) is 11.6 Å². The Morgan fingerprint density at radius 3 is 2.74 bits per heavy atom. The molecule has 2 atom stereocenters. The maximum absolute atomic E-state index is 11.1. The van der Waals surface area contributed by atoms with E-state index in [0.717, 1.165) is 72.2 Å². The summed E-state index contributed by atoms with van der Waals surface area (Å²) in [5, 5.41) is 16.5. The molecule has 1 aromatic heterocycles. The van der Waals surface area contributed by atoms with E-state index in [1.807, 2.05) is 30.5 Å². The van der Waals surface area contributed by atoms with Crippen LogP contribution in [0.3, 0.4) is 0 Å². The van der Waals surface area contributed by atoms with Gasteiger partial charge in [0.1, 0.15) is 5.72 Å². The van der Waals surface area contributed by atoms with Crippen LogP contribution in [0.15, 0.2) is 30.5 Å². The molecule has 2 aliphatic carbocycles. The summed E-state index contributed by atoms with van der Waals surface area (Å²) in [5.41, 5.74) is 1.54. The first-order chi connectivity index (χ1) is 13.1. The zero-order valence-electron chi connectivity index (χ0n) is 15.7. The van der Waals surface area contributed by atoms with Crippen LogP contribution in [0.2, 0.25) is 5.02 Å². The minimum Gasteiger partial charge on any atom is -0.384 e. The first-order valence-electron chi connectivity index (χ1n) is 10.4. The summed E-state index contributed by atoms with van der Waals surface area (Å²) in [6, 6.07) is 8.51. The molecule has 2 saturated carbocycles. The van der Waals surface area contributed by atoms with Crippen LogP contribution in [0.4, 0.5) is 5.69 Å². The Labute approximate surface area is 165 Å². The quantitative estimate of drug-likeness (QED) is 0.710. The maximum Gasteiger partial charge on any atom is 0.119 e. The van der Waals surface area contributed by atoms with Crippen LogP contribution >= 0.6 is 11.6 Å². The minimum atomic E-state index is -0.497. The highest BCUT2D eigenvalue weighted by molar-refractivity contribution is 6.31. The van der Waals surface area contributed by atoms with E-state index in [1.54, 1.807) is 0 Å². The van der Waals surface area contributed by atoms with E-state index in [0.29, 0.717) is 6.04 Å². The molecule has 2 aliphatic heterocycles. The molecule has 144 valence electrons. The second-order valence-electron chi connectivity index (χ2n) is 8.83. The average molecular weight is 386 g/mol. The van der Waals surface area contributed by atoms with Gasteiger partial charge in [0.2, 0.25) is 0 Å². The van der Waals surface area contributed by atoms with Crippen molar-refractivity contribution in [2.75, 3.05) is 18.4 Å². The summed E-state index contributed by atoms with van der Waals surface area (Å²) in [6.07, 6.45) is 10.0. The molecule has 2 unspecified atom stereocenters. The lowest BCUT2D eigenvalue weighted by Gasteiger charge is -2.61. The van der Waals surface area contributed by atoms with E-state index in [9.17, 15) is 5.11 Å². The first-order valence-corrected chi connectivity index (χ1v) is 10.8. The number of pyridine rings is 1. The predicted molar refractivity (Wildman–Crippen MR) is 110 cm³/mol. The molecule has 2 aromatic rings. The fourth-order valence-corrected chi connectivity index (χ4v) is 6.16. The van der Waals surface area contributed by atoms with Crippen molar-refractivity contribution in [1.82, 2.24) is 9.88 Å². The number of aliphatic hydroxyl groups is 1. The summed E-state index contributed by atoms with van der Waals surface area (Å²) in [7, 11) is 0. The Kier molecular flexibility index (Phi) is 4.53. The van der Waals surface area contributed by atoms with E-state index in [-0.39, 0.29) is 0 Å². The Morgan fingerprint density at radius 1 is 1.15 bits per heavy atom. The molecule has 2 saturated heterocycles. The van der Waals surface area contributed by atoms with Gasteiger partial charge in [-0.3, -0.25) is 9.88 Å². The number of nitrogens with zero attached hydrogens (tertiary/aromatic N) is 2. The highest BCUT2D eigenvalue weighted by atomic mass is 35.5. The second-order valence-corrected chi connectivity index (χ2v) is 9.27. The van der Waals surface area contributed by atoms with Crippen LogP contribution in [-0.2, 0) is 0 Å². The fraction of sp³-hybridized carbons (Fsp3) is 0.591.